The fourth-order valence-electron chi connectivity index (χ4n) is 2.25. The fourth-order valence-corrected chi connectivity index (χ4v) is 2.25. The van der Waals surface area contributed by atoms with E-state index in [0.717, 1.165) is 18.5 Å². The van der Waals surface area contributed by atoms with E-state index in [9.17, 15) is 0 Å². The SMILES string of the molecule is CC(C)c1cncnc1.CCC(C)c1ccncn1.CCCc1cccnc1. The summed E-state index contributed by atoms with van der Waals surface area (Å²) < 4.78 is 0. The van der Waals surface area contributed by atoms with Crippen LogP contribution < -0.4 is 0 Å². The van der Waals surface area contributed by atoms with E-state index in [1.807, 2.05) is 30.7 Å². The first-order valence-corrected chi connectivity index (χ1v) is 9.98. The highest BCUT2D eigenvalue weighted by atomic mass is 14.8. The average molecular weight is 380 g/mol. The van der Waals surface area contributed by atoms with Crippen LogP contribution in [0.15, 0.2) is 61.8 Å². The first kappa shape index (κ1) is 23.3. The molecule has 28 heavy (non-hydrogen) atoms. The summed E-state index contributed by atoms with van der Waals surface area (Å²) in [5.41, 5.74) is 3.66. The highest BCUT2D eigenvalue weighted by Crippen LogP contribution is 2.13. The van der Waals surface area contributed by atoms with Gasteiger partial charge < -0.3 is 0 Å². The second-order valence-electron chi connectivity index (χ2n) is 6.88. The van der Waals surface area contributed by atoms with Crippen molar-refractivity contribution in [1.82, 2.24) is 24.9 Å². The van der Waals surface area contributed by atoms with Gasteiger partial charge in [0, 0.05) is 36.7 Å². The second kappa shape index (κ2) is 14.4. The zero-order valence-corrected chi connectivity index (χ0v) is 17.8. The van der Waals surface area contributed by atoms with Crippen LogP contribution in [0.5, 0.6) is 0 Å². The summed E-state index contributed by atoms with van der Waals surface area (Å²) in [5, 5.41) is 0. The van der Waals surface area contributed by atoms with Crippen LogP contribution in [-0.4, -0.2) is 24.9 Å². The van der Waals surface area contributed by atoms with E-state index in [1.54, 1.807) is 25.0 Å². The van der Waals surface area contributed by atoms with Crippen LogP contribution >= 0.6 is 0 Å². The largest absolute Gasteiger partial charge is 0.264 e. The lowest BCUT2D eigenvalue weighted by molar-refractivity contribution is 0.704. The summed E-state index contributed by atoms with van der Waals surface area (Å²) in [5.74, 6) is 1.09. The predicted molar refractivity (Wildman–Crippen MR) is 115 cm³/mol. The van der Waals surface area contributed by atoms with Gasteiger partial charge in [-0.25, -0.2) is 19.9 Å². The average Bonchev–Trinajstić information content (AvgIpc) is 2.76. The molecule has 0 aliphatic heterocycles. The van der Waals surface area contributed by atoms with Gasteiger partial charge in [-0.3, -0.25) is 4.98 Å². The van der Waals surface area contributed by atoms with Crippen molar-refractivity contribution in [2.45, 2.75) is 65.7 Å². The van der Waals surface area contributed by atoms with Crippen LogP contribution in [0.2, 0.25) is 0 Å². The molecule has 3 aromatic heterocycles. The van der Waals surface area contributed by atoms with E-state index in [2.05, 4.69) is 65.6 Å². The highest BCUT2D eigenvalue weighted by Gasteiger charge is 2.01. The van der Waals surface area contributed by atoms with Crippen molar-refractivity contribution in [2.75, 3.05) is 0 Å². The fraction of sp³-hybridized carbons (Fsp3) is 0.435. The molecule has 0 aromatic carbocycles. The molecule has 0 aliphatic rings. The Bertz CT molecular complexity index is 718. The van der Waals surface area contributed by atoms with Crippen LogP contribution in [0.1, 0.15) is 76.1 Å². The third kappa shape index (κ3) is 9.86. The summed E-state index contributed by atoms with van der Waals surface area (Å²) in [6.07, 6.45) is 15.8. The van der Waals surface area contributed by atoms with E-state index in [-0.39, 0.29) is 0 Å². The monoisotopic (exact) mass is 379 g/mol. The van der Waals surface area contributed by atoms with Crippen LogP contribution in [0.25, 0.3) is 0 Å². The van der Waals surface area contributed by atoms with Gasteiger partial charge in [-0.2, -0.15) is 0 Å². The van der Waals surface area contributed by atoms with Gasteiger partial charge in [-0.15, -0.1) is 0 Å². The smallest absolute Gasteiger partial charge is 0.115 e. The molecule has 0 amide bonds. The molecule has 0 radical (unpaired) electrons. The van der Waals surface area contributed by atoms with Crippen LogP contribution in [0.3, 0.4) is 0 Å². The molecule has 0 saturated carbocycles. The van der Waals surface area contributed by atoms with Crippen LogP contribution in [0.4, 0.5) is 0 Å². The number of pyridine rings is 1. The Morgan fingerprint density at radius 2 is 1.57 bits per heavy atom. The van der Waals surface area contributed by atoms with E-state index < -0.39 is 0 Å². The lowest BCUT2D eigenvalue weighted by Crippen LogP contribution is -1.94. The molecule has 0 fully saturated rings. The second-order valence-corrected chi connectivity index (χ2v) is 6.88. The number of rotatable bonds is 5. The van der Waals surface area contributed by atoms with Crippen molar-refractivity contribution in [3.05, 3.63) is 78.7 Å². The van der Waals surface area contributed by atoms with E-state index in [4.69, 9.17) is 0 Å². The molecule has 3 aromatic rings. The molecular weight excluding hydrogens is 346 g/mol. The molecule has 5 heteroatoms. The topological polar surface area (TPSA) is 64.5 Å². The number of hydrogen-bond donors (Lipinski definition) is 0. The normalized spacial score (nSPS) is 10.9. The molecule has 0 saturated heterocycles. The minimum atomic E-state index is 0.534. The third-order valence-corrected chi connectivity index (χ3v) is 4.23. The molecule has 150 valence electrons. The van der Waals surface area contributed by atoms with Gasteiger partial charge >= 0.3 is 0 Å². The molecule has 3 heterocycles. The van der Waals surface area contributed by atoms with Gasteiger partial charge in [-0.1, -0.05) is 47.1 Å². The predicted octanol–water partition coefficient (Wildman–Crippen LogP) is 5.62. The van der Waals surface area contributed by atoms with Crippen molar-refractivity contribution >= 4 is 0 Å². The number of nitrogens with zero attached hydrogens (tertiary/aromatic N) is 5. The molecule has 5 nitrogen and oxygen atoms in total. The first-order chi connectivity index (χ1) is 13.6. The Morgan fingerprint density at radius 3 is 2.04 bits per heavy atom. The maximum absolute atomic E-state index is 4.14. The maximum atomic E-state index is 4.14. The lowest BCUT2D eigenvalue weighted by Gasteiger charge is -2.04. The Kier molecular flexibility index (Phi) is 12.0. The number of hydrogen-bond acceptors (Lipinski definition) is 5. The first-order valence-electron chi connectivity index (χ1n) is 9.98. The quantitative estimate of drug-likeness (QED) is 0.575. The van der Waals surface area contributed by atoms with Gasteiger partial charge in [0.2, 0.25) is 0 Å². The minimum absolute atomic E-state index is 0.534. The van der Waals surface area contributed by atoms with Crippen molar-refractivity contribution in [3.8, 4) is 0 Å². The standard InChI is InChI=1S/C8H12N2.C8H11N.C7H10N2/c1-3-7(2)8-4-5-9-6-10-8;1-2-4-8-5-3-6-9-7-8;1-6(2)7-3-8-5-9-4-7/h4-7H,3H2,1-2H3;3,5-7H,2,4H2,1H3;3-6H,1-2H3. The van der Waals surface area contributed by atoms with E-state index >= 15 is 0 Å². The maximum Gasteiger partial charge on any atom is 0.115 e. The molecular formula is C23H33N5. The Morgan fingerprint density at radius 1 is 0.821 bits per heavy atom. The minimum Gasteiger partial charge on any atom is -0.264 e. The van der Waals surface area contributed by atoms with Crippen molar-refractivity contribution in [2.24, 2.45) is 0 Å². The molecule has 1 unspecified atom stereocenters. The van der Waals surface area contributed by atoms with Crippen molar-refractivity contribution in [1.29, 1.82) is 0 Å². The van der Waals surface area contributed by atoms with Gasteiger partial charge in [-0.05, 0) is 47.9 Å². The molecule has 0 N–H and O–H groups in total. The molecule has 0 bridgehead atoms. The highest BCUT2D eigenvalue weighted by molar-refractivity contribution is 5.08. The van der Waals surface area contributed by atoms with Crippen molar-refractivity contribution in [3.63, 3.8) is 0 Å². The van der Waals surface area contributed by atoms with Gasteiger partial charge in [0.05, 0.1) is 0 Å². The lowest BCUT2D eigenvalue weighted by atomic mass is 10.1. The van der Waals surface area contributed by atoms with Crippen LogP contribution in [-0.2, 0) is 6.42 Å². The van der Waals surface area contributed by atoms with E-state index in [1.165, 1.54) is 17.5 Å². The summed E-state index contributed by atoms with van der Waals surface area (Å²) in [7, 11) is 0. The summed E-state index contributed by atoms with van der Waals surface area (Å²) >= 11 is 0. The van der Waals surface area contributed by atoms with Crippen molar-refractivity contribution < 1.29 is 0 Å². The number of aromatic nitrogens is 5. The zero-order chi connectivity index (χ0) is 20.6. The van der Waals surface area contributed by atoms with Crippen LogP contribution in [0, 0.1) is 0 Å². The van der Waals surface area contributed by atoms with E-state index in [0.29, 0.717) is 11.8 Å². The summed E-state index contributed by atoms with van der Waals surface area (Å²) in [4.78, 5) is 19.8. The Labute approximate surface area is 169 Å². The molecule has 1 atom stereocenters. The van der Waals surface area contributed by atoms with Gasteiger partial charge in [0.25, 0.3) is 0 Å². The zero-order valence-electron chi connectivity index (χ0n) is 17.8. The Hall–Kier alpha value is -2.69. The summed E-state index contributed by atoms with van der Waals surface area (Å²) in [6, 6.07) is 6.05. The third-order valence-electron chi connectivity index (χ3n) is 4.23. The van der Waals surface area contributed by atoms with Gasteiger partial charge in [0.1, 0.15) is 12.7 Å². The molecule has 0 aliphatic carbocycles. The Balaban J connectivity index is 0.000000210. The number of aryl methyl sites for hydroxylation is 1. The molecule has 3 rings (SSSR count). The molecule has 0 spiro atoms. The van der Waals surface area contributed by atoms with Gasteiger partial charge in [0.15, 0.2) is 0 Å². The summed E-state index contributed by atoms with van der Waals surface area (Å²) in [6.45, 7) is 10.7.